The van der Waals surface area contributed by atoms with Crippen LogP contribution in [0.1, 0.15) is 45.1 Å². The van der Waals surface area contributed by atoms with Gasteiger partial charge in [0.1, 0.15) is 0 Å². The van der Waals surface area contributed by atoms with Gasteiger partial charge in [0, 0.05) is 25.7 Å². The van der Waals surface area contributed by atoms with Crippen molar-refractivity contribution in [3.8, 4) is 11.5 Å². The number of aliphatic imine (C=N–C) groups is 1. The van der Waals surface area contributed by atoms with E-state index in [4.69, 9.17) is 14.5 Å². The van der Waals surface area contributed by atoms with Gasteiger partial charge in [-0.25, -0.2) is 4.99 Å². The van der Waals surface area contributed by atoms with E-state index in [2.05, 4.69) is 29.4 Å². The number of nitrogens with zero attached hydrogens (tertiary/aromatic N) is 2. The van der Waals surface area contributed by atoms with Crippen molar-refractivity contribution in [1.82, 2.24) is 15.5 Å². The van der Waals surface area contributed by atoms with Crippen molar-refractivity contribution in [2.75, 3.05) is 33.0 Å². The lowest BCUT2D eigenvalue weighted by Crippen LogP contribution is -2.41. The number of hydrogen-bond donors (Lipinski definition) is 2. The number of guanidine groups is 1. The molecule has 0 aromatic heterocycles. The third-order valence-corrected chi connectivity index (χ3v) is 5.06. The second kappa shape index (κ2) is 11.6. The number of halogens is 1. The average molecular weight is 488 g/mol. The zero-order chi connectivity index (χ0) is 18.2. The van der Waals surface area contributed by atoms with Gasteiger partial charge in [0.15, 0.2) is 17.5 Å². The maximum absolute atomic E-state index is 5.43. The van der Waals surface area contributed by atoms with Gasteiger partial charge in [0.25, 0.3) is 0 Å². The van der Waals surface area contributed by atoms with Crippen molar-refractivity contribution < 1.29 is 9.47 Å². The maximum Gasteiger partial charge on any atom is 0.231 e. The van der Waals surface area contributed by atoms with Crippen LogP contribution < -0.4 is 20.1 Å². The second-order valence-electron chi connectivity index (χ2n) is 7.04. The highest BCUT2D eigenvalue weighted by Crippen LogP contribution is 2.32. The highest BCUT2D eigenvalue weighted by Gasteiger charge is 2.17. The van der Waals surface area contributed by atoms with Crippen LogP contribution >= 0.6 is 24.0 Å². The van der Waals surface area contributed by atoms with Crippen LogP contribution in [0.5, 0.6) is 11.5 Å². The lowest BCUT2D eigenvalue weighted by atomic mass is 10.0. The molecule has 27 heavy (non-hydrogen) atoms. The molecule has 2 N–H and O–H groups in total. The molecule has 6 nitrogen and oxygen atoms in total. The molecule has 0 spiro atoms. The van der Waals surface area contributed by atoms with Crippen molar-refractivity contribution in [3.63, 3.8) is 0 Å². The first-order valence-electron chi connectivity index (χ1n) is 9.91. The number of nitrogens with one attached hydrogen (secondary N) is 2. The predicted molar refractivity (Wildman–Crippen MR) is 120 cm³/mol. The van der Waals surface area contributed by atoms with Gasteiger partial charge in [-0.05, 0) is 57.4 Å². The lowest BCUT2D eigenvalue weighted by Gasteiger charge is -2.33. The fourth-order valence-corrected chi connectivity index (χ4v) is 3.53. The van der Waals surface area contributed by atoms with Crippen LogP contribution in [0.3, 0.4) is 0 Å². The molecule has 2 aliphatic heterocycles. The van der Waals surface area contributed by atoms with E-state index in [9.17, 15) is 0 Å². The summed E-state index contributed by atoms with van der Waals surface area (Å²) in [6.45, 7) is 9.58. The number of hydrogen-bond acceptors (Lipinski definition) is 4. The number of piperidine rings is 1. The topological polar surface area (TPSA) is 58.1 Å². The van der Waals surface area contributed by atoms with Crippen LogP contribution in [-0.4, -0.2) is 49.9 Å². The van der Waals surface area contributed by atoms with Crippen LogP contribution in [0, 0.1) is 0 Å². The largest absolute Gasteiger partial charge is 0.454 e. The fourth-order valence-electron chi connectivity index (χ4n) is 3.53. The zero-order valence-corrected chi connectivity index (χ0v) is 18.8. The molecular weight excluding hydrogens is 455 g/mol. The first-order valence-corrected chi connectivity index (χ1v) is 9.91. The van der Waals surface area contributed by atoms with Gasteiger partial charge in [0.2, 0.25) is 6.79 Å². The molecule has 1 aromatic rings. The Bertz CT molecular complexity index is 612. The second-order valence-corrected chi connectivity index (χ2v) is 7.04. The maximum atomic E-state index is 5.43. The quantitative estimate of drug-likeness (QED) is 0.267. The number of benzene rings is 1. The summed E-state index contributed by atoms with van der Waals surface area (Å²) >= 11 is 0. The van der Waals surface area contributed by atoms with Gasteiger partial charge in [-0.15, -0.1) is 24.0 Å². The standard InChI is InChI=1S/C20H32N4O2.HI/c1-3-21-20(22-10-6-12-24-11-5-4-7-16(24)2)23-14-17-8-9-18-19(13-17)26-15-25-18;/h8-9,13,16H,3-7,10-12,14-15H2,1-2H3,(H2,21,22,23);1H. The average Bonchev–Trinajstić information content (AvgIpc) is 3.12. The number of rotatable bonds is 7. The summed E-state index contributed by atoms with van der Waals surface area (Å²) < 4.78 is 10.8. The van der Waals surface area contributed by atoms with Gasteiger partial charge in [-0.1, -0.05) is 12.5 Å². The van der Waals surface area contributed by atoms with Gasteiger partial charge in [-0.2, -0.15) is 0 Å². The molecule has 152 valence electrons. The van der Waals surface area contributed by atoms with Crippen LogP contribution in [0.15, 0.2) is 23.2 Å². The molecule has 1 fully saturated rings. The molecular formula is C20H33IN4O2. The van der Waals surface area contributed by atoms with Crippen LogP contribution in [0.25, 0.3) is 0 Å². The number of likely N-dealkylation sites (tertiary alicyclic amines) is 1. The van der Waals surface area contributed by atoms with Gasteiger partial charge >= 0.3 is 0 Å². The Morgan fingerprint density at radius 2 is 2.07 bits per heavy atom. The Labute approximate surface area is 180 Å². The van der Waals surface area contributed by atoms with E-state index in [1.54, 1.807) is 0 Å². The van der Waals surface area contributed by atoms with Crippen molar-refractivity contribution in [3.05, 3.63) is 23.8 Å². The van der Waals surface area contributed by atoms with Crippen molar-refractivity contribution >= 4 is 29.9 Å². The van der Waals surface area contributed by atoms with Gasteiger partial charge < -0.3 is 25.0 Å². The van der Waals surface area contributed by atoms with Crippen molar-refractivity contribution in [2.24, 2.45) is 4.99 Å². The molecule has 1 atom stereocenters. The van der Waals surface area contributed by atoms with E-state index in [0.29, 0.717) is 13.3 Å². The third kappa shape index (κ3) is 6.71. The normalized spacial score (nSPS) is 19.5. The Balaban J connectivity index is 0.00000261. The molecule has 1 unspecified atom stereocenters. The van der Waals surface area contributed by atoms with E-state index in [1.807, 2.05) is 18.2 Å². The summed E-state index contributed by atoms with van der Waals surface area (Å²) in [6, 6.07) is 6.73. The molecule has 1 saturated heterocycles. The summed E-state index contributed by atoms with van der Waals surface area (Å²) in [5.41, 5.74) is 1.12. The first kappa shape index (κ1) is 22.1. The molecule has 1 aromatic carbocycles. The Hall–Kier alpha value is -1.22. The summed E-state index contributed by atoms with van der Waals surface area (Å²) in [5, 5.41) is 6.78. The van der Waals surface area contributed by atoms with Crippen LogP contribution in [-0.2, 0) is 6.54 Å². The SMILES string of the molecule is CCNC(=NCc1ccc2c(c1)OCO2)NCCCN1CCCCC1C.I. The number of ether oxygens (including phenoxy) is 2. The lowest BCUT2D eigenvalue weighted by molar-refractivity contribution is 0.159. The Morgan fingerprint density at radius 3 is 2.89 bits per heavy atom. The molecule has 0 amide bonds. The molecule has 0 bridgehead atoms. The van der Waals surface area contributed by atoms with Crippen molar-refractivity contribution in [2.45, 2.75) is 52.1 Å². The molecule has 2 aliphatic rings. The molecule has 2 heterocycles. The van der Waals surface area contributed by atoms with Crippen molar-refractivity contribution in [1.29, 1.82) is 0 Å². The van der Waals surface area contributed by atoms with E-state index in [-0.39, 0.29) is 24.0 Å². The van der Waals surface area contributed by atoms with E-state index in [1.165, 1.54) is 25.8 Å². The predicted octanol–water partition coefficient (Wildman–Crippen LogP) is 3.35. The zero-order valence-electron chi connectivity index (χ0n) is 16.5. The van der Waals surface area contributed by atoms with E-state index >= 15 is 0 Å². The third-order valence-electron chi connectivity index (χ3n) is 5.06. The highest BCUT2D eigenvalue weighted by molar-refractivity contribution is 14.0. The number of fused-ring (bicyclic) bond motifs is 1. The van der Waals surface area contributed by atoms with E-state index < -0.39 is 0 Å². The van der Waals surface area contributed by atoms with E-state index in [0.717, 1.165) is 55.1 Å². The smallest absolute Gasteiger partial charge is 0.231 e. The monoisotopic (exact) mass is 488 g/mol. The summed E-state index contributed by atoms with van der Waals surface area (Å²) in [5.74, 6) is 2.50. The minimum Gasteiger partial charge on any atom is -0.454 e. The van der Waals surface area contributed by atoms with Crippen LogP contribution in [0.4, 0.5) is 0 Å². The molecule has 3 rings (SSSR count). The molecule has 0 saturated carbocycles. The molecule has 0 radical (unpaired) electrons. The molecule has 7 heteroatoms. The summed E-state index contributed by atoms with van der Waals surface area (Å²) in [6.07, 6.45) is 5.20. The van der Waals surface area contributed by atoms with Gasteiger partial charge in [-0.3, -0.25) is 0 Å². The van der Waals surface area contributed by atoms with Gasteiger partial charge in [0.05, 0.1) is 6.54 Å². The first-order chi connectivity index (χ1) is 12.8. The Kier molecular flexibility index (Phi) is 9.47. The minimum absolute atomic E-state index is 0. The highest BCUT2D eigenvalue weighted by atomic mass is 127. The summed E-state index contributed by atoms with van der Waals surface area (Å²) in [4.78, 5) is 7.31. The minimum atomic E-state index is 0. The molecule has 0 aliphatic carbocycles. The summed E-state index contributed by atoms with van der Waals surface area (Å²) in [7, 11) is 0. The van der Waals surface area contributed by atoms with Crippen LogP contribution in [0.2, 0.25) is 0 Å². The Morgan fingerprint density at radius 1 is 1.22 bits per heavy atom. The fraction of sp³-hybridized carbons (Fsp3) is 0.650.